The summed E-state index contributed by atoms with van der Waals surface area (Å²) < 4.78 is 6.49. The summed E-state index contributed by atoms with van der Waals surface area (Å²) in [5.74, 6) is -0.387. The highest BCUT2D eigenvalue weighted by molar-refractivity contribution is 7.99. The summed E-state index contributed by atoms with van der Waals surface area (Å²) in [6.45, 7) is 2.14. The monoisotopic (exact) mass is 255 g/mol. The van der Waals surface area contributed by atoms with Crippen LogP contribution in [0.3, 0.4) is 0 Å². The van der Waals surface area contributed by atoms with Gasteiger partial charge in [-0.2, -0.15) is 0 Å². The summed E-state index contributed by atoms with van der Waals surface area (Å²) in [6, 6.07) is 1.77. The molecule has 0 amide bonds. The average molecular weight is 255 g/mol. The zero-order valence-corrected chi connectivity index (χ0v) is 9.72. The number of nitrogens with zero attached hydrogens (tertiary/aromatic N) is 5. The van der Waals surface area contributed by atoms with Crippen LogP contribution in [0.15, 0.2) is 15.7 Å². The number of aliphatic carboxylic acids is 1. The molecule has 17 heavy (non-hydrogen) atoms. The van der Waals surface area contributed by atoms with Gasteiger partial charge in [-0.3, -0.25) is 4.79 Å². The minimum Gasteiger partial charge on any atom is -0.481 e. The Morgan fingerprint density at radius 1 is 1.65 bits per heavy atom. The maximum atomic E-state index is 10.4. The van der Waals surface area contributed by atoms with Gasteiger partial charge in [0.05, 0.1) is 11.4 Å². The number of carboxylic acid groups (broad SMARTS) is 1. The number of carbonyl (C=O) groups is 1. The first kappa shape index (κ1) is 11.6. The van der Waals surface area contributed by atoms with E-state index in [4.69, 9.17) is 9.63 Å². The summed E-state index contributed by atoms with van der Waals surface area (Å²) >= 11 is 1.05. The van der Waals surface area contributed by atoms with E-state index >= 15 is 0 Å². The summed E-state index contributed by atoms with van der Waals surface area (Å²) in [7, 11) is 0. The van der Waals surface area contributed by atoms with E-state index in [0.29, 0.717) is 17.5 Å². The Hall–Kier alpha value is -1.90. The van der Waals surface area contributed by atoms with Crippen LogP contribution in [0, 0.1) is 6.92 Å². The molecule has 2 aromatic heterocycles. The fourth-order valence-electron chi connectivity index (χ4n) is 1.16. The Morgan fingerprint density at radius 3 is 3.12 bits per heavy atom. The molecule has 0 fully saturated rings. The fourth-order valence-corrected chi connectivity index (χ4v) is 1.76. The van der Waals surface area contributed by atoms with Crippen molar-refractivity contribution >= 4 is 17.7 Å². The van der Waals surface area contributed by atoms with Crippen LogP contribution in [0.2, 0.25) is 0 Å². The number of thioether (sulfide) groups is 1. The first-order valence-electron chi connectivity index (χ1n) is 4.68. The highest BCUT2D eigenvalue weighted by atomic mass is 32.2. The van der Waals surface area contributed by atoms with Gasteiger partial charge in [-0.05, 0) is 17.4 Å². The normalized spacial score (nSPS) is 10.6. The molecule has 0 spiro atoms. The topological polar surface area (TPSA) is 107 Å². The van der Waals surface area contributed by atoms with Gasteiger partial charge in [-0.1, -0.05) is 16.9 Å². The van der Waals surface area contributed by atoms with E-state index in [-0.39, 0.29) is 5.75 Å². The summed E-state index contributed by atoms with van der Waals surface area (Å²) in [6.07, 6.45) is 0. The van der Waals surface area contributed by atoms with Crippen LogP contribution in [-0.4, -0.2) is 42.2 Å². The van der Waals surface area contributed by atoms with Gasteiger partial charge in [-0.25, -0.2) is 4.68 Å². The Labute approximate surface area is 100.0 Å². The molecule has 0 bridgehead atoms. The van der Waals surface area contributed by atoms with Crippen molar-refractivity contribution in [1.29, 1.82) is 0 Å². The zero-order chi connectivity index (χ0) is 12.3. The molecule has 0 saturated heterocycles. The van der Waals surface area contributed by atoms with E-state index in [2.05, 4.69) is 20.7 Å². The molecule has 0 aromatic carbocycles. The Bertz CT molecular complexity index is 523. The molecule has 0 aliphatic rings. The summed E-state index contributed by atoms with van der Waals surface area (Å²) in [5.41, 5.74) is 0.771. The molecular weight excluding hydrogens is 246 g/mol. The van der Waals surface area contributed by atoms with Gasteiger partial charge in [0.15, 0.2) is 5.76 Å². The molecule has 9 heteroatoms. The van der Waals surface area contributed by atoms with Crippen molar-refractivity contribution in [1.82, 2.24) is 25.4 Å². The second kappa shape index (κ2) is 4.95. The highest BCUT2D eigenvalue weighted by Crippen LogP contribution is 2.14. The molecule has 0 unspecified atom stereocenters. The van der Waals surface area contributed by atoms with Gasteiger partial charge in [-0.15, -0.1) is 5.10 Å². The maximum absolute atomic E-state index is 10.4. The van der Waals surface area contributed by atoms with E-state index in [1.165, 1.54) is 4.68 Å². The van der Waals surface area contributed by atoms with Gasteiger partial charge >= 0.3 is 5.97 Å². The standard InChI is InChI=1S/C8H9N5O3S/c1-5-2-6(16-10-5)3-13-8(9-11-12-13)17-4-7(14)15/h2H,3-4H2,1H3,(H,14,15). The lowest BCUT2D eigenvalue weighted by atomic mass is 10.4. The van der Waals surface area contributed by atoms with Crippen molar-refractivity contribution < 1.29 is 14.4 Å². The fraction of sp³-hybridized carbons (Fsp3) is 0.375. The molecule has 0 saturated carbocycles. The van der Waals surface area contributed by atoms with Gasteiger partial charge in [0.2, 0.25) is 5.16 Å². The second-order valence-electron chi connectivity index (χ2n) is 3.24. The van der Waals surface area contributed by atoms with Crippen molar-refractivity contribution in [3.05, 3.63) is 17.5 Å². The van der Waals surface area contributed by atoms with Crippen LogP contribution in [0.5, 0.6) is 0 Å². The van der Waals surface area contributed by atoms with Crippen molar-refractivity contribution in [2.45, 2.75) is 18.6 Å². The molecule has 8 nitrogen and oxygen atoms in total. The van der Waals surface area contributed by atoms with E-state index in [0.717, 1.165) is 17.5 Å². The predicted molar refractivity (Wildman–Crippen MR) is 56.5 cm³/mol. The van der Waals surface area contributed by atoms with Crippen LogP contribution < -0.4 is 0 Å². The number of aromatic nitrogens is 5. The number of carboxylic acids is 1. The summed E-state index contributed by atoms with van der Waals surface area (Å²) in [4.78, 5) is 10.4. The lowest BCUT2D eigenvalue weighted by molar-refractivity contribution is -0.133. The minimum atomic E-state index is -0.917. The largest absolute Gasteiger partial charge is 0.481 e. The van der Waals surface area contributed by atoms with E-state index in [9.17, 15) is 4.79 Å². The van der Waals surface area contributed by atoms with Gasteiger partial charge in [0.25, 0.3) is 0 Å². The van der Waals surface area contributed by atoms with Crippen LogP contribution in [0.4, 0.5) is 0 Å². The van der Waals surface area contributed by atoms with Crippen LogP contribution >= 0.6 is 11.8 Å². The summed E-state index contributed by atoms with van der Waals surface area (Å²) in [5, 5.41) is 23.7. The van der Waals surface area contributed by atoms with Crippen molar-refractivity contribution in [2.24, 2.45) is 0 Å². The SMILES string of the molecule is Cc1cc(Cn2nnnc2SCC(=O)O)on1. The zero-order valence-electron chi connectivity index (χ0n) is 8.90. The highest BCUT2D eigenvalue weighted by Gasteiger charge is 2.11. The lowest BCUT2D eigenvalue weighted by Gasteiger charge is -1.99. The predicted octanol–water partition coefficient (Wildman–Crippen LogP) is 0.195. The van der Waals surface area contributed by atoms with Crippen molar-refractivity contribution in [3.63, 3.8) is 0 Å². The molecule has 2 aromatic rings. The minimum absolute atomic E-state index is 0.0875. The van der Waals surface area contributed by atoms with E-state index in [1.54, 1.807) is 6.07 Å². The number of aryl methyl sites for hydroxylation is 1. The first-order chi connectivity index (χ1) is 8.15. The number of hydrogen-bond acceptors (Lipinski definition) is 7. The van der Waals surface area contributed by atoms with Gasteiger partial charge < -0.3 is 9.63 Å². The number of tetrazole rings is 1. The van der Waals surface area contributed by atoms with Crippen LogP contribution in [0.25, 0.3) is 0 Å². The second-order valence-corrected chi connectivity index (χ2v) is 4.18. The molecule has 2 rings (SSSR count). The van der Waals surface area contributed by atoms with Crippen molar-refractivity contribution in [3.8, 4) is 0 Å². The maximum Gasteiger partial charge on any atom is 0.313 e. The van der Waals surface area contributed by atoms with Crippen LogP contribution in [-0.2, 0) is 11.3 Å². The average Bonchev–Trinajstić information content (AvgIpc) is 2.86. The third kappa shape index (κ3) is 3.03. The van der Waals surface area contributed by atoms with Crippen molar-refractivity contribution in [2.75, 3.05) is 5.75 Å². The molecule has 0 aliphatic carbocycles. The van der Waals surface area contributed by atoms with E-state index < -0.39 is 5.97 Å². The molecule has 90 valence electrons. The molecular formula is C8H9N5O3S. The van der Waals surface area contributed by atoms with Gasteiger partial charge in [0.1, 0.15) is 6.54 Å². The number of hydrogen-bond donors (Lipinski definition) is 1. The van der Waals surface area contributed by atoms with E-state index in [1.807, 2.05) is 6.92 Å². The molecule has 0 aliphatic heterocycles. The van der Waals surface area contributed by atoms with Gasteiger partial charge in [0, 0.05) is 6.07 Å². The molecule has 2 heterocycles. The lowest BCUT2D eigenvalue weighted by Crippen LogP contribution is -2.05. The third-order valence-corrected chi connectivity index (χ3v) is 2.75. The quantitative estimate of drug-likeness (QED) is 0.755. The Kier molecular flexibility index (Phi) is 3.38. The number of rotatable bonds is 5. The Morgan fingerprint density at radius 2 is 2.47 bits per heavy atom. The Balaban J connectivity index is 2.06. The molecule has 0 atom stereocenters. The molecule has 1 N–H and O–H groups in total. The first-order valence-corrected chi connectivity index (χ1v) is 5.66. The third-order valence-electron chi connectivity index (χ3n) is 1.81. The smallest absolute Gasteiger partial charge is 0.313 e. The molecule has 0 radical (unpaired) electrons. The van der Waals surface area contributed by atoms with Crippen LogP contribution in [0.1, 0.15) is 11.5 Å².